The molecule has 0 amide bonds. The van der Waals surface area contributed by atoms with Crippen LogP contribution < -0.4 is 5.56 Å². The van der Waals surface area contributed by atoms with E-state index in [0.717, 1.165) is 11.1 Å². The van der Waals surface area contributed by atoms with Gasteiger partial charge in [-0.05, 0) is 25.5 Å². The van der Waals surface area contributed by atoms with Gasteiger partial charge in [0, 0.05) is 6.20 Å². The van der Waals surface area contributed by atoms with Gasteiger partial charge in [-0.2, -0.15) is 0 Å². The molecule has 2 aromatic rings. The first-order valence-corrected chi connectivity index (χ1v) is 4.01. The number of pyridine rings is 1. The highest BCUT2D eigenvalue weighted by Gasteiger charge is 2.02. The van der Waals surface area contributed by atoms with Gasteiger partial charge in [-0.25, -0.2) is 9.97 Å². The summed E-state index contributed by atoms with van der Waals surface area (Å²) >= 11 is 0. The Morgan fingerprint density at radius 1 is 1.38 bits per heavy atom. The van der Waals surface area contributed by atoms with E-state index in [9.17, 15) is 4.79 Å². The lowest BCUT2D eigenvalue weighted by Crippen LogP contribution is -2.12. The van der Waals surface area contributed by atoms with Gasteiger partial charge in [-0.3, -0.25) is 4.79 Å². The Morgan fingerprint density at radius 2 is 2.15 bits per heavy atom. The van der Waals surface area contributed by atoms with Gasteiger partial charge in [0.05, 0.1) is 0 Å². The van der Waals surface area contributed by atoms with Crippen molar-refractivity contribution < 1.29 is 0 Å². The summed E-state index contributed by atoms with van der Waals surface area (Å²) in [6.45, 7) is 3.62. The predicted octanol–water partition coefficient (Wildman–Crippen LogP) is 0.935. The molecule has 0 aliphatic carbocycles. The minimum absolute atomic E-state index is 0.175. The van der Waals surface area contributed by atoms with E-state index in [2.05, 4.69) is 15.0 Å². The van der Waals surface area contributed by atoms with Crippen LogP contribution in [-0.4, -0.2) is 15.0 Å². The highest BCUT2D eigenvalue weighted by Crippen LogP contribution is 2.08. The third-order valence-corrected chi connectivity index (χ3v) is 1.97. The topological polar surface area (TPSA) is 58.6 Å². The molecule has 4 heteroatoms. The molecule has 0 aliphatic rings. The highest BCUT2D eigenvalue weighted by atomic mass is 16.1. The van der Waals surface area contributed by atoms with E-state index < -0.39 is 0 Å². The summed E-state index contributed by atoms with van der Waals surface area (Å²) in [5, 5.41) is 0. The van der Waals surface area contributed by atoms with Crippen molar-refractivity contribution >= 4 is 11.2 Å². The third-order valence-electron chi connectivity index (χ3n) is 1.97. The molecule has 0 aromatic carbocycles. The largest absolute Gasteiger partial charge is 0.304 e. The van der Waals surface area contributed by atoms with E-state index in [4.69, 9.17) is 0 Å². The lowest BCUT2D eigenvalue weighted by Gasteiger charge is -1.99. The second-order valence-electron chi connectivity index (χ2n) is 2.98. The molecule has 0 radical (unpaired) electrons. The van der Waals surface area contributed by atoms with Crippen molar-refractivity contribution in [2.75, 3.05) is 0 Å². The molecule has 4 nitrogen and oxygen atoms in total. The average molecular weight is 175 g/mol. The molecule has 0 saturated heterocycles. The van der Waals surface area contributed by atoms with Gasteiger partial charge in [0.25, 0.3) is 5.56 Å². The molecule has 0 spiro atoms. The van der Waals surface area contributed by atoms with Gasteiger partial charge in [-0.15, -0.1) is 0 Å². The molecule has 0 fully saturated rings. The summed E-state index contributed by atoms with van der Waals surface area (Å²) in [6.07, 6.45) is 1.66. The standard InChI is InChI=1S/C9H9N3O/c1-5-3-4-10-8-7(5)11-6(2)9(13)12-8/h3-4H,1-2H3,(H,10,12,13). The Kier molecular flexibility index (Phi) is 1.62. The number of hydrogen-bond donors (Lipinski definition) is 1. The number of rotatable bonds is 0. The molecule has 0 saturated carbocycles. The zero-order valence-corrected chi connectivity index (χ0v) is 7.46. The first-order valence-electron chi connectivity index (χ1n) is 4.01. The Balaban J connectivity index is 2.97. The fraction of sp³-hybridized carbons (Fsp3) is 0.222. The SMILES string of the molecule is Cc1nc2c(C)ccnc2[nH]c1=O. The van der Waals surface area contributed by atoms with Crippen LogP contribution in [0, 0.1) is 13.8 Å². The molecule has 13 heavy (non-hydrogen) atoms. The normalized spacial score (nSPS) is 10.6. The van der Waals surface area contributed by atoms with Crippen LogP contribution in [0.1, 0.15) is 11.3 Å². The molecule has 66 valence electrons. The van der Waals surface area contributed by atoms with Crippen LogP contribution in [0.2, 0.25) is 0 Å². The van der Waals surface area contributed by atoms with E-state index >= 15 is 0 Å². The van der Waals surface area contributed by atoms with E-state index in [1.54, 1.807) is 13.1 Å². The number of aromatic nitrogens is 3. The van der Waals surface area contributed by atoms with Crippen molar-refractivity contribution in [2.45, 2.75) is 13.8 Å². The molecule has 0 aliphatic heterocycles. The van der Waals surface area contributed by atoms with Gasteiger partial charge >= 0.3 is 0 Å². The maximum absolute atomic E-state index is 11.2. The van der Waals surface area contributed by atoms with Gasteiger partial charge in [0.2, 0.25) is 0 Å². The van der Waals surface area contributed by atoms with E-state index in [0.29, 0.717) is 11.3 Å². The molecule has 2 aromatic heterocycles. The van der Waals surface area contributed by atoms with Gasteiger partial charge < -0.3 is 4.98 Å². The van der Waals surface area contributed by atoms with Crippen LogP contribution in [-0.2, 0) is 0 Å². The molecule has 2 heterocycles. The summed E-state index contributed by atoms with van der Waals surface area (Å²) < 4.78 is 0. The first-order chi connectivity index (χ1) is 6.18. The highest BCUT2D eigenvalue weighted by molar-refractivity contribution is 5.72. The summed E-state index contributed by atoms with van der Waals surface area (Å²) in [4.78, 5) is 22.1. The lowest BCUT2D eigenvalue weighted by molar-refractivity contribution is 1.09. The molecular weight excluding hydrogens is 166 g/mol. The zero-order chi connectivity index (χ0) is 9.42. The van der Waals surface area contributed by atoms with E-state index in [1.807, 2.05) is 13.0 Å². The number of hydrogen-bond acceptors (Lipinski definition) is 3. The maximum Gasteiger partial charge on any atom is 0.270 e. The van der Waals surface area contributed by atoms with Crippen LogP contribution >= 0.6 is 0 Å². The lowest BCUT2D eigenvalue weighted by atomic mass is 10.2. The molecule has 2 rings (SSSR count). The third kappa shape index (κ3) is 1.20. The first kappa shape index (κ1) is 7.91. The number of nitrogens with one attached hydrogen (secondary N) is 1. The molecule has 0 unspecified atom stereocenters. The second kappa shape index (κ2) is 2.65. The summed E-state index contributed by atoms with van der Waals surface area (Å²) in [5.41, 5.74) is 2.63. The van der Waals surface area contributed by atoms with E-state index in [1.165, 1.54) is 0 Å². The number of aryl methyl sites for hydroxylation is 2. The molecule has 0 bridgehead atoms. The number of fused-ring (bicyclic) bond motifs is 1. The Hall–Kier alpha value is -1.71. The minimum atomic E-state index is -0.175. The van der Waals surface area contributed by atoms with Crippen LogP contribution in [0.15, 0.2) is 17.1 Å². The van der Waals surface area contributed by atoms with Crippen LogP contribution in [0.25, 0.3) is 11.2 Å². The summed E-state index contributed by atoms with van der Waals surface area (Å²) in [7, 11) is 0. The average Bonchev–Trinajstić information content (AvgIpc) is 2.09. The Morgan fingerprint density at radius 3 is 2.92 bits per heavy atom. The second-order valence-corrected chi connectivity index (χ2v) is 2.98. The van der Waals surface area contributed by atoms with Crippen LogP contribution in [0.4, 0.5) is 0 Å². The van der Waals surface area contributed by atoms with Crippen molar-refractivity contribution in [1.82, 2.24) is 15.0 Å². The van der Waals surface area contributed by atoms with Crippen LogP contribution in [0.5, 0.6) is 0 Å². The number of aromatic amines is 1. The number of nitrogens with zero attached hydrogens (tertiary/aromatic N) is 2. The van der Waals surface area contributed by atoms with Crippen LogP contribution in [0.3, 0.4) is 0 Å². The summed E-state index contributed by atoms with van der Waals surface area (Å²) in [6, 6.07) is 1.87. The summed E-state index contributed by atoms with van der Waals surface area (Å²) in [5.74, 6) is 0. The van der Waals surface area contributed by atoms with Crippen molar-refractivity contribution in [3.05, 3.63) is 33.9 Å². The van der Waals surface area contributed by atoms with Gasteiger partial charge in [0.15, 0.2) is 5.65 Å². The monoisotopic (exact) mass is 175 g/mol. The zero-order valence-electron chi connectivity index (χ0n) is 7.46. The minimum Gasteiger partial charge on any atom is -0.304 e. The predicted molar refractivity (Wildman–Crippen MR) is 49.6 cm³/mol. The quantitative estimate of drug-likeness (QED) is 0.648. The fourth-order valence-corrected chi connectivity index (χ4v) is 1.20. The fourth-order valence-electron chi connectivity index (χ4n) is 1.20. The molecule has 1 N–H and O–H groups in total. The van der Waals surface area contributed by atoms with Gasteiger partial charge in [0.1, 0.15) is 11.2 Å². The Bertz CT molecular complexity index is 516. The van der Waals surface area contributed by atoms with E-state index in [-0.39, 0.29) is 5.56 Å². The van der Waals surface area contributed by atoms with Gasteiger partial charge in [-0.1, -0.05) is 0 Å². The van der Waals surface area contributed by atoms with Crippen molar-refractivity contribution in [1.29, 1.82) is 0 Å². The van der Waals surface area contributed by atoms with Crippen molar-refractivity contribution in [3.63, 3.8) is 0 Å². The maximum atomic E-state index is 11.2. The number of H-pyrrole nitrogens is 1. The molecular formula is C9H9N3O. The van der Waals surface area contributed by atoms with Crippen molar-refractivity contribution in [3.8, 4) is 0 Å². The smallest absolute Gasteiger partial charge is 0.270 e. The molecule has 0 atom stereocenters. The Labute approximate surface area is 74.7 Å². The van der Waals surface area contributed by atoms with Crippen molar-refractivity contribution in [2.24, 2.45) is 0 Å².